The Morgan fingerprint density at radius 2 is 1.31 bits per heavy atom. The molecule has 0 aliphatic rings. The highest BCUT2D eigenvalue weighted by Gasteiger charge is 2.24. The fourth-order valence-electron chi connectivity index (χ4n) is 2.34. The normalized spacial score (nSPS) is 12.9. The first kappa shape index (κ1) is 12.9. The zero-order valence-electron chi connectivity index (χ0n) is 10.2. The lowest BCUT2D eigenvalue weighted by molar-refractivity contribution is 0.150. The van der Waals surface area contributed by atoms with E-state index in [4.69, 9.17) is 0 Å². The van der Waals surface area contributed by atoms with E-state index in [-0.39, 0.29) is 0 Å². The van der Waals surface area contributed by atoms with Crippen LogP contribution in [0.5, 0.6) is 0 Å². The van der Waals surface area contributed by atoms with Crippen molar-refractivity contribution in [2.45, 2.75) is 26.7 Å². The SMILES string of the molecule is CCCC(C)(CN(C)C)CN(C)C. The molecule has 0 atom stereocenters. The molecule has 0 saturated carbocycles. The molecule has 0 bridgehead atoms. The Hall–Kier alpha value is -0.0800. The summed E-state index contributed by atoms with van der Waals surface area (Å²) in [5.74, 6) is 0. The van der Waals surface area contributed by atoms with Crippen molar-refractivity contribution in [3.8, 4) is 0 Å². The first-order valence-electron chi connectivity index (χ1n) is 5.19. The zero-order chi connectivity index (χ0) is 10.5. The Morgan fingerprint density at radius 3 is 1.54 bits per heavy atom. The van der Waals surface area contributed by atoms with Crippen LogP contribution in [0.15, 0.2) is 0 Å². The summed E-state index contributed by atoms with van der Waals surface area (Å²) in [6.07, 6.45) is 2.58. The maximum atomic E-state index is 2.39. The van der Waals surface area contributed by atoms with E-state index in [0.29, 0.717) is 5.41 Å². The minimum atomic E-state index is 0.446. The van der Waals surface area contributed by atoms with Gasteiger partial charge in [0.25, 0.3) is 0 Å². The molecule has 0 aliphatic carbocycles. The molecule has 80 valence electrons. The maximum absolute atomic E-state index is 2.39. The first-order valence-corrected chi connectivity index (χ1v) is 5.19. The fraction of sp³-hybridized carbons (Fsp3) is 1.00. The van der Waals surface area contributed by atoms with Gasteiger partial charge in [0.1, 0.15) is 0 Å². The number of hydrogen-bond acceptors (Lipinski definition) is 2. The van der Waals surface area contributed by atoms with Gasteiger partial charge in [0.2, 0.25) is 0 Å². The summed E-state index contributed by atoms with van der Waals surface area (Å²) in [7, 11) is 8.63. The molecule has 0 fully saturated rings. The summed E-state index contributed by atoms with van der Waals surface area (Å²) >= 11 is 0. The molecule has 0 aromatic rings. The van der Waals surface area contributed by atoms with Gasteiger partial charge in [-0.25, -0.2) is 0 Å². The lowest BCUT2D eigenvalue weighted by atomic mass is 9.84. The van der Waals surface area contributed by atoms with Crippen LogP contribution >= 0.6 is 0 Å². The Bertz CT molecular complexity index is 120. The van der Waals surface area contributed by atoms with E-state index in [1.165, 1.54) is 25.9 Å². The van der Waals surface area contributed by atoms with Crippen LogP contribution in [0.25, 0.3) is 0 Å². The monoisotopic (exact) mass is 186 g/mol. The third-order valence-corrected chi connectivity index (χ3v) is 2.25. The molecule has 0 unspecified atom stereocenters. The summed E-state index contributed by atoms with van der Waals surface area (Å²) in [5, 5.41) is 0. The molecule has 0 aliphatic heterocycles. The van der Waals surface area contributed by atoms with Gasteiger partial charge in [-0.3, -0.25) is 0 Å². The van der Waals surface area contributed by atoms with Crippen molar-refractivity contribution in [1.82, 2.24) is 9.80 Å². The topological polar surface area (TPSA) is 6.48 Å². The molecule has 2 heteroatoms. The molecule has 0 radical (unpaired) electrons. The van der Waals surface area contributed by atoms with Gasteiger partial charge >= 0.3 is 0 Å². The van der Waals surface area contributed by atoms with Crippen molar-refractivity contribution < 1.29 is 0 Å². The highest BCUT2D eigenvalue weighted by Crippen LogP contribution is 2.24. The number of hydrogen-bond donors (Lipinski definition) is 0. The third kappa shape index (κ3) is 6.05. The van der Waals surface area contributed by atoms with Crippen LogP contribution in [0.4, 0.5) is 0 Å². The smallest absolute Gasteiger partial charge is 0.00415 e. The summed E-state index contributed by atoms with van der Waals surface area (Å²) in [6.45, 7) is 7.01. The third-order valence-electron chi connectivity index (χ3n) is 2.25. The van der Waals surface area contributed by atoms with E-state index in [2.05, 4.69) is 51.8 Å². The Kier molecular flexibility index (Phi) is 5.57. The standard InChI is InChI=1S/C11H26N2/c1-7-8-11(2,9-12(3)4)10-13(5)6/h7-10H2,1-6H3. The van der Waals surface area contributed by atoms with Crippen molar-refractivity contribution >= 4 is 0 Å². The van der Waals surface area contributed by atoms with Crippen LogP contribution in [0, 0.1) is 5.41 Å². The molecule has 0 spiro atoms. The van der Waals surface area contributed by atoms with Crippen molar-refractivity contribution in [3.05, 3.63) is 0 Å². The molecule has 0 aromatic heterocycles. The van der Waals surface area contributed by atoms with Crippen molar-refractivity contribution in [3.63, 3.8) is 0 Å². The summed E-state index contributed by atoms with van der Waals surface area (Å²) < 4.78 is 0. The predicted molar refractivity (Wildman–Crippen MR) is 60.1 cm³/mol. The maximum Gasteiger partial charge on any atom is 0.00415 e. The van der Waals surface area contributed by atoms with E-state index in [9.17, 15) is 0 Å². The van der Waals surface area contributed by atoms with E-state index in [1.54, 1.807) is 0 Å². The van der Waals surface area contributed by atoms with Gasteiger partial charge in [-0.05, 0) is 40.0 Å². The molecule has 0 heterocycles. The Labute approximate surface area is 83.9 Å². The number of nitrogens with zero attached hydrogens (tertiary/aromatic N) is 2. The molecule has 0 rings (SSSR count). The molecule has 0 amide bonds. The summed E-state index contributed by atoms with van der Waals surface area (Å²) in [6, 6.07) is 0. The van der Waals surface area contributed by atoms with E-state index >= 15 is 0 Å². The van der Waals surface area contributed by atoms with Crippen LogP contribution < -0.4 is 0 Å². The van der Waals surface area contributed by atoms with E-state index < -0.39 is 0 Å². The van der Waals surface area contributed by atoms with Gasteiger partial charge in [-0.2, -0.15) is 0 Å². The highest BCUT2D eigenvalue weighted by molar-refractivity contribution is 4.78. The van der Waals surface area contributed by atoms with Crippen LogP contribution in [-0.2, 0) is 0 Å². The van der Waals surface area contributed by atoms with Crippen LogP contribution in [0.2, 0.25) is 0 Å². The lowest BCUT2D eigenvalue weighted by Gasteiger charge is -2.34. The average molecular weight is 186 g/mol. The lowest BCUT2D eigenvalue weighted by Crippen LogP contribution is -2.39. The molecule has 13 heavy (non-hydrogen) atoms. The van der Waals surface area contributed by atoms with E-state index in [0.717, 1.165) is 0 Å². The predicted octanol–water partition coefficient (Wildman–Crippen LogP) is 1.92. The quantitative estimate of drug-likeness (QED) is 0.625. The Balaban J connectivity index is 4.15. The van der Waals surface area contributed by atoms with Crippen LogP contribution in [0.1, 0.15) is 26.7 Å². The van der Waals surface area contributed by atoms with Crippen LogP contribution in [0.3, 0.4) is 0 Å². The summed E-state index contributed by atoms with van der Waals surface area (Å²) in [4.78, 5) is 4.58. The van der Waals surface area contributed by atoms with Crippen molar-refractivity contribution in [2.75, 3.05) is 41.3 Å². The fourth-order valence-corrected chi connectivity index (χ4v) is 2.34. The average Bonchev–Trinajstić information content (AvgIpc) is 1.81. The van der Waals surface area contributed by atoms with Crippen molar-refractivity contribution in [1.29, 1.82) is 0 Å². The zero-order valence-corrected chi connectivity index (χ0v) is 10.2. The number of rotatable bonds is 6. The largest absolute Gasteiger partial charge is 0.309 e. The summed E-state index contributed by atoms with van der Waals surface area (Å²) in [5.41, 5.74) is 0.446. The molecule has 0 saturated heterocycles. The van der Waals surface area contributed by atoms with Crippen LogP contribution in [-0.4, -0.2) is 51.1 Å². The highest BCUT2D eigenvalue weighted by atomic mass is 15.1. The molecule has 2 nitrogen and oxygen atoms in total. The Morgan fingerprint density at radius 1 is 0.923 bits per heavy atom. The van der Waals surface area contributed by atoms with Gasteiger partial charge in [0, 0.05) is 13.1 Å². The minimum Gasteiger partial charge on any atom is -0.309 e. The van der Waals surface area contributed by atoms with Gasteiger partial charge in [0.05, 0.1) is 0 Å². The molecular formula is C11H26N2. The molecular weight excluding hydrogens is 160 g/mol. The van der Waals surface area contributed by atoms with Gasteiger partial charge < -0.3 is 9.80 Å². The minimum absolute atomic E-state index is 0.446. The van der Waals surface area contributed by atoms with Gasteiger partial charge in [0.15, 0.2) is 0 Å². The second-order valence-corrected chi connectivity index (χ2v) is 5.04. The van der Waals surface area contributed by atoms with Crippen molar-refractivity contribution in [2.24, 2.45) is 5.41 Å². The van der Waals surface area contributed by atoms with E-state index in [1.807, 2.05) is 0 Å². The molecule has 0 aromatic carbocycles. The van der Waals surface area contributed by atoms with Gasteiger partial charge in [-0.1, -0.05) is 20.3 Å². The molecule has 0 N–H and O–H groups in total. The first-order chi connectivity index (χ1) is 5.89. The van der Waals surface area contributed by atoms with Gasteiger partial charge in [-0.15, -0.1) is 0 Å². The second kappa shape index (κ2) is 5.61. The second-order valence-electron chi connectivity index (χ2n) is 5.04.